The van der Waals surface area contributed by atoms with E-state index in [1.807, 2.05) is 0 Å². The van der Waals surface area contributed by atoms with Gasteiger partial charge in [0.2, 0.25) is 0 Å². The SMILES string of the molecule is O=C(O)C(NCc1cc(F)ccc1Br)C1CC1. The van der Waals surface area contributed by atoms with Crippen LogP contribution in [0.25, 0.3) is 0 Å². The minimum absolute atomic E-state index is 0.222. The Kier molecular flexibility index (Phi) is 3.79. The fraction of sp³-hybridized carbons (Fsp3) is 0.417. The first-order valence-corrected chi connectivity index (χ1v) is 6.27. The first-order chi connectivity index (χ1) is 8.08. The number of carboxylic acid groups (broad SMARTS) is 1. The van der Waals surface area contributed by atoms with Crippen molar-refractivity contribution in [3.8, 4) is 0 Å². The lowest BCUT2D eigenvalue weighted by atomic mass is 10.1. The summed E-state index contributed by atoms with van der Waals surface area (Å²) in [5.74, 6) is -0.928. The van der Waals surface area contributed by atoms with Gasteiger partial charge in [-0.15, -0.1) is 0 Å². The van der Waals surface area contributed by atoms with E-state index in [0.717, 1.165) is 22.9 Å². The Morgan fingerprint density at radius 1 is 1.59 bits per heavy atom. The van der Waals surface area contributed by atoms with Crippen molar-refractivity contribution < 1.29 is 14.3 Å². The number of hydrogen-bond donors (Lipinski definition) is 2. The molecule has 1 aromatic rings. The van der Waals surface area contributed by atoms with Crippen molar-refractivity contribution in [1.29, 1.82) is 0 Å². The van der Waals surface area contributed by atoms with Gasteiger partial charge in [-0.3, -0.25) is 4.79 Å². The highest BCUT2D eigenvalue weighted by molar-refractivity contribution is 9.10. The Bertz CT molecular complexity index is 435. The molecule has 1 aromatic carbocycles. The highest BCUT2D eigenvalue weighted by Crippen LogP contribution is 2.33. The number of carboxylic acids is 1. The molecule has 0 bridgehead atoms. The van der Waals surface area contributed by atoms with Crippen LogP contribution in [-0.2, 0) is 11.3 Å². The third kappa shape index (κ3) is 3.26. The van der Waals surface area contributed by atoms with Gasteiger partial charge in [0.15, 0.2) is 0 Å². The number of nitrogens with one attached hydrogen (secondary N) is 1. The molecule has 0 saturated heterocycles. The van der Waals surface area contributed by atoms with E-state index in [1.54, 1.807) is 6.07 Å². The van der Waals surface area contributed by atoms with E-state index in [1.165, 1.54) is 12.1 Å². The van der Waals surface area contributed by atoms with Crippen LogP contribution in [0.4, 0.5) is 4.39 Å². The molecule has 0 aliphatic heterocycles. The zero-order valence-electron chi connectivity index (χ0n) is 9.12. The predicted molar refractivity (Wildman–Crippen MR) is 65.1 cm³/mol. The molecule has 0 aromatic heterocycles. The van der Waals surface area contributed by atoms with E-state index < -0.39 is 12.0 Å². The molecule has 1 saturated carbocycles. The van der Waals surface area contributed by atoms with Crippen molar-refractivity contribution in [3.05, 3.63) is 34.1 Å². The average molecular weight is 302 g/mol. The van der Waals surface area contributed by atoms with Crippen molar-refractivity contribution in [3.63, 3.8) is 0 Å². The summed E-state index contributed by atoms with van der Waals surface area (Å²) in [4.78, 5) is 11.0. The van der Waals surface area contributed by atoms with Gasteiger partial charge in [-0.2, -0.15) is 0 Å². The molecule has 92 valence electrons. The summed E-state index contributed by atoms with van der Waals surface area (Å²) in [6.45, 7) is 0.353. The molecule has 2 rings (SSSR count). The van der Waals surface area contributed by atoms with E-state index >= 15 is 0 Å². The third-order valence-corrected chi connectivity index (χ3v) is 3.65. The normalized spacial score (nSPS) is 16.8. The molecule has 0 amide bonds. The van der Waals surface area contributed by atoms with E-state index in [9.17, 15) is 9.18 Å². The average Bonchev–Trinajstić information content (AvgIpc) is 3.07. The molecule has 3 nitrogen and oxygen atoms in total. The summed E-state index contributed by atoms with van der Waals surface area (Å²) >= 11 is 3.32. The number of carbonyl (C=O) groups is 1. The number of aliphatic carboxylic acids is 1. The lowest BCUT2D eigenvalue weighted by Crippen LogP contribution is -2.38. The van der Waals surface area contributed by atoms with Crippen LogP contribution in [0, 0.1) is 11.7 Å². The largest absolute Gasteiger partial charge is 0.480 e. The van der Waals surface area contributed by atoms with Crippen molar-refractivity contribution in [2.24, 2.45) is 5.92 Å². The Labute approximate surface area is 107 Å². The molecule has 1 aliphatic carbocycles. The Morgan fingerprint density at radius 3 is 2.88 bits per heavy atom. The van der Waals surface area contributed by atoms with Gasteiger partial charge in [0.1, 0.15) is 11.9 Å². The summed E-state index contributed by atoms with van der Waals surface area (Å²) in [5, 5.41) is 12.0. The quantitative estimate of drug-likeness (QED) is 0.879. The highest BCUT2D eigenvalue weighted by atomic mass is 79.9. The van der Waals surface area contributed by atoms with Gasteiger partial charge < -0.3 is 10.4 Å². The molecule has 1 aliphatic rings. The number of benzene rings is 1. The molecule has 1 fully saturated rings. The van der Waals surface area contributed by atoms with E-state index in [2.05, 4.69) is 21.2 Å². The first-order valence-electron chi connectivity index (χ1n) is 5.48. The second kappa shape index (κ2) is 5.14. The van der Waals surface area contributed by atoms with E-state index in [-0.39, 0.29) is 11.7 Å². The van der Waals surface area contributed by atoms with Crippen LogP contribution < -0.4 is 5.32 Å². The summed E-state index contributed by atoms with van der Waals surface area (Å²) in [6, 6.07) is 3.87. The molecule has 0 spiro atoms. The zero-order valence-corrected chi connectivity index (χ0v) is 10.7. The molecular formula is C12H13BrFNO2. The van der Waals surface area contributed by atoms with Gasteiger partial charge in [-0.25, -0.2) is 4.39 Å². The number of halogens is 2. The van der Waals surface area contributed by atoms with Crippen molar-refractivity contribution in [2.45, 2.75) is 25.4 Å². The van der Waals surface area contributed by atoms with Crippen LogP contribution in [0.3, 0.4) is 0 Å². The van der Waals surface area contributed by atoms with Crippen LogP contribution >= 0.6 is 15.9 Å². The number of hydrogen-bond acceptors (Lipinski definition) is 2. The third-order valence-electron chi connectivity index (χ3n) is 2.88. The predicted octanol–water partition coefficient (Wildman–Crippen LogP) is 2.54. The Morgan fingerprint density at radius 2 is 2.29 bits per heavy atom. The van der Waals surface area contributed by atoms with E-state index in [0.29, 0.717) is 6.54 Å². The van der Waals surface area contributed by atoms with Gasteiger partial charge in [-0.05, 0) is 42.5 Å². The van der Waals surface area contributed by atoms with Gasteiger partial charge in [0.05, 0.1) is 0 Å². The van der Waals surface area contributed by atoms with Gasteiger partial charge in [0, 0.05) is 11.0 Å². The van der Waals surface area contributed by atoms with Crippen molar-refractivity contribution >= 4 is 21.9 Å². The van der Waals surface area contributed by atoms with Crippen LogP contribution in [0.1, 0.15) is 18.4 Å². The Hall–Kier alpha value is -0.940. The number of rotatable bonds is 5. The molecule has 5 heteroatoms. The van der Waals surface area contributed by atoms with Crippen LogP contribution in [0.15, 0.2) is 22.7 Å². The lowest BCUT2D eigenvalue weighted by Gasteiger charge is -2.14. The molecule has 0 radical (unpaired) electrons. The van der Waals surface area contributed by atoms with Gasteiger partial charge in [0.25, 0.3) is 0 Å². The Balaban J connectivity index is 2.00. The summed E-state index contributed by atoms with van der Waals surface area (Å²) in [6.07, 6.45) is 1.91. The standard InChI is InChI=1S/C12H13BrFNO2/c13-10-4-3-9(14)5-8(10)6-15-11(12(16)17)7-1-2-7/h3-5,7,11,15H,1-2,6H2,(H,16,17). The summed E-state index contributed by atoms with van der Waals surface area (Å²) < 4.78 is 13.8. The van der Waals surface area contributed by atoms with Crippen molar-refractivity contribution in [2.75, 3.05) is 0 Å². The monoisotopic (exact) mass is 301 g/mol. The van der Waals surface area contributed by atoms with Crippen LogP contribution in [-0.4, -0.2) is 17.1 Å². The highest BCUT2D eigenvalue weighted by Gasteiger charge is 2.35. The minimum Gasteiger partial charge on any atom is -0.480 e. The zero-order chi connectivity index (χ0) is 12.4. The summed E-state index contributed by atoms with van der Waals surface area (Å²) in [5.41, 5.74) is 0.733. The fourth-order valence-electron chi connectivity index (χ4n) is 1.78. The second-order valence-electron chi connectivity index (χ2n) is 4.27. The molecule has 1 atom stereocenters. The van der Waals surface area contributed by atoms with E-state index in [4.69, 9.17) is 5.11 Å². The van der Waals surface area contributed by atoms with Crippen LogP contribution in [0.2, 0.25) is 0 Å². The fourth-order valence-corrected chi connectivity index (χ4v) is 2.17. The second-order valence-corrected chi connectivity index (χ2v) is 5.12. The maximum atomic E-state index is 13.0. The summed E-state index contributed by atoms with van der Waals surface area (Å²) in [7, 11) is 0. The maximum Gasteiger partial charge on any atom is 0.320 e. The van der Waals surface area contributed by atoms with Gasteiger partial charge in [-0.1, -0.05) is 15.9 Å². The molecule has 17 heavy (non-hydrogen) atoms. The topological polar surface area (TPSA) is 49.3 Å². The van der Waals surface area contributed by atoms with Crippen molar-refractivity contribution in [1.82, 2.24) is 5.32 Å². The molecular weight excluding hydrogens is 289 g/mol. The van der Waals surface area contributed by atoms with Crippen LogP contribution in [0.5, 0.6) is 0 Å². The smallest absolute Gasteiger partial charge is 0.320 e. The molecule has 2 N–H and O–H groups in total. The minimum atomic E-state index is -0.833. The molecule has 0 heterocycles. The first kappa shape index (κ1) is 12.5. The maximum absolute atomic E-state index is 13.0. The van der Waals surface area contributed by atoms with Gasteiger partial charge >= 0.3 is 5.97 Å². The lowest BCUT2D eigenvalue weighted by molar-refractivity contribution is -0.140. The molecule has 1 unspecified atom stereocenters.